The Morgan fingerprint density at radius 1 is 0.900 bits per heavy atom. The van der Waals surface area contributed by atoms with E-state index in [4.69, 9.17) is 5.11 Å². The molecule has 2 N–H and O–H groups in total. The molecule has 0 aromatic heterocycles. The highest BCUT2D eigenvalue weighted by Crippen LogP contribution is 2.22. The van der Waals surface area contributed by atoms with Crippen LogP contribution in [0.25, 0.3) is 10.8 Å². The zero-order valence-electron chi connectivity index (χ0n) is 11.0. The number of Topliss-reactive ketones (excluding diaryl/α,β-unsaturated/α-hetero) is 1. The molecule has 0 spiro atoms. The molecule has 104 valence electrons. The van der Waals surface area contributed by atoms with Gasteiger partial charge in [0.05, 0.1) is 0 Å². The van der Waals surface area contributed by atoms with E-state index in [2.05, 4.69) is 0 Å². The number of phenolic OH excluding ortho intramolecular Hbond substituents is 1. The van der Waals surface area contributed by atoms with Crippen LogP contribution in [0.15, 0.2) is 36.4 Å². The highest BCUT2D eigenvalue weighted by Gasteiger charge is 2.07. The zero-order chi connectivity index (χ0) is 14.5. The molecule has 2 aromatic rings. The highest BCUT2D eigenvalue weighted by molar-refractivity contribution is 6.00. The fourth-order valence-electron chi connectivity index (χ4n) is 2.11. The summed E-state index contributed by atoms with van der Waals surface area (Å²) in [4.78, 5) is 22.4. The minimum atomic E-state index is -0.831. The number of carbonyl (C=O) groups excluding carboxylic acids is 1. The second-order valence-electron chi connectivity index (χ2n) is 4.77. The molecule has 4 heteroatoms. The molecule has 0 unspecified atom stereocenters. The highest BCUT2D eigenvalue weighted by atomic mass is 16.4. The summed E-state index contributed by atoms with van der Waals surface area (Å²) in [6.07, 6.45) is 1.56. The van der Waals surface area contributed by atoms with Gasteiger partial charge in [-0.3, -0.25) is 9.59 Å². The lowest BCUT2D eigenvalue weighted by molar-refractivity contribution is -0.137. The summed E-state index contributed by atoms with van der Waals surface area (Å²) in [6.45, 7) is 0. The maximum absolute atomic E-state index is 12.0. The van der Waals surface area contributed by atoms with Gasteiger partial charge in [-0.1, -0.05) is 18.2 Å². The largest absolute Gasteiger partial charge is 0.508 e. The molecule has 20 heavy (non-hydrogen) atoms. The number of rotatable bonds is 6. The van der Waals surface area contributed by atoms with Gasteiger partial charge in [0.15, 0.2) is 5.78 Å². The number of aromatic hydroxyl groups is 1. The van der Waals surface area contributed by atoms with Crippen molar-refractivity contribution in [2.24, 2.45) is 0 Å². The quantitative estimate of drug-likeness (QED) is 0.624. The Hall–Kier alpha value is -2.36. The molecule has 0 aliphatic heterocycles. The van der Waals surface area contributed by atoms with Crippen molar-refractivity contribution < 1.29 is 19.8 Å². The van der Waals surface area contributed by atoms with E-state index in [1.165, 1.54) is 0 Å². The van der Waals surface area contributed by atoms with E-state index in [-0.39, 0.29) is 18.0 Å². The maximum Gasteiger partial charge on any atom is 0.303 e. The summed E-state index contributed by atoms with van der Waals surface area (Å²) < 4.78 is 0. The van der Waals surface area contributed by atoms with E-state index in [9.17, 15) is 14.7 Å². The number of carbonyl (C=O) groups is 2. The summed E-state index contributed by atoms with van der Waals surface area (Å²) in [5, 5.41) is 19.7. The molecular formula is C16H16O4. The van der Waals surface area contributed by atoms with E-state index >= 15 is 0 Å². The van der Waals surface area contributed by atoms with E-state index in [1.54, 1.807) is 36.4 Å². The SMILES string of the molecule is O=C(O)CCCCC(=O)c1ccc2cc(O)ccc2c1. The molecule has 2 aromatic carbocycles. The number of unbranched alkanes of at least 4 members (excludes halogenated alkanes) is 1. The van der Waals surface area contributed by atoms with E-state index < -0.39 is 5.97 Å². The van der Waals surface area contributed by atoms with Crippen LogP contribution in [0.5, 0.6) is 5.75 Å². The smallest absolute Gasteiger partial charge is 0.303 e. The Balaban J connectivity index is 2.03. The third-order valence-electron chi connectivity index (χ3n) is 3.19. The van der Waals surface area contributed by atoms with Crippen LogP contribution in [-0.2, 0) is 4.79 Å². The van der Waals surface area contributed by atoms with Crippen LogP contribution in [0.4, 0.5) is 0 Å². The minimum absolute atomic E-state index is 0.0189. The fraction of sp³-hybridized carbons (Fsp3) is 0.250. The molecular weight excluding hydrogens is 256 g/mol. The van der Waals surface area contributed by atoms with Crippen molar-refractivity contribution in [1.29, 1.82) is 0 Å². The van der Waals surface area contributed by atoms with Gasteiger partial charge < -0.3 is 10.2 Å². The Morgan fingerprint density at radius 2 is 1.55 bits per heavy atom. The summed E-state index contributed by atoms with van der Waals surface area (Å²) in [7, 11) is 0. The first-order chi connectivity index (χ1) is 9.56. The third kappa shape index (κ3) is 3.57. The van der Waals surface area contributed by atoms with Crippen LogP contribution in [0, 0.1) is 0 Å². The lowest BCUT2D eigenvalue weighted by atomic mass is 10.0. The summed E-state index contributed by atoms with van der Waals surface area (Å²) >= 11 is 0. The van der Waals surface area contributed by atoms with Crippen molar-refractivity contribution in [2.75, 3.05) is 0 Å². The number of benzene rings is 2. The average molecular weight is 272 g/mol. The first-order valence-corrected chi connectivity index (χ1v) is 6.54. The minimum Gasteiger partial charge on any atom is -0.508 e. The van der Waals surface area contributed by atoms with Crippen molar-refractivity contribution in [3.63, 3.8) is 0 Å². The molecule has 0 aliphatic carbocycles. The lowest BCUT2D eigenvalue weighted by Crippen LogP contribution is -2.00. The Morgan fingerprint density at radius 3 is 2.30 bits per heavy atom. The van der Waals surface area contributed by atoms with Gasteiger partial charge in [-0.2, -0.15) is 0 Å². The van der Waals surface area contributed by atoms with E-state index in [0.29, 0.717) is 24.8 Å². The molecule has 0 amide bonds. The first kappa shape index (κ1) is 14.1. The summed E-state index contributed by atoms with van der Waals surface area (Å²) in [5.74, 6) is -0.612. The second kappa shape index (κ2) is 6.19. The molecule has 0 radical (unpaired) electrons. The predicted molar refractivity (Wildman–Crippen MR) is 76.0 cm³/mol. The van der Waals surface area contributed by atoms with Crippen LogP contribution < -0.4 is 0 Å². The Bertz CT molecular complexity index is 646. The van der Waals surface area contributed by atoms with Gasteiger partial charge >= 0.3 is 5.97 Å². The number of hydrogen-bond donors (Lipinski definition) is 2. The molecule has 0 bridgehead atoms. The molecule has 0 atom stereocenters. The van der Waals surface area contributed by atoms with Gasteiger partial charge in [0.2, 0.25) is 0 Å². The van der Waals surface area contributed by atoms with E-state index in [0.717, 1.165) is 10.8 Å². The van der Waals surface area contributed by atoms with Crippen molar-refractivity contribution in [2.45, 2.75) is 25.7 Å². The molecule has 0 fully saturated rings. The van der Waals surface area contributed by atoms with Gasteiger partial charge in [0, 0.05) is 18.4 Å². The van der Waals surface area contributed by atoms with Gasteiger partial charge in [0.25, 0.3) is 0 Å². The van der Waals surface area contributed by atoms with Crippen LogP contribution in [0.3, 0.4) is 0 Å². The monoisotopic (exact) mass is 272 g/mol. The van der Waals surface area contributed by atoms with Crippen LogP contribution in [0.1, 0.15) is 36.0 Å². The van der Waals surface area contributed by atoms with Crippen LogP contribution >= 0.6 is 0 Å². The normalized spacial score (nSPS) is 10.6. The first-order valence-electron chi connectivity index (χ1n) is 6.54. The molecule has 2 rings (SSSR count). The van der Waals surface area contributed by atoms with Gasteiger partial charge in [-0.15, -0.1) is 0 Å². The van der Waals surface area contributed by atoms with E-state index in [1.807, 2.05) is 0 Å². The molecule has 4 nitrogen and oxygen atoms in total. The molecule has 0 saturated carbocycles. The molecule has 0 aliphatic rings. The number of carboxylic acids is 1. The number of phenols is 1. The number of fused-ring (bicyclic) bond motifs is 1. The molecule has 0 heterocycles. The van der Waals surface area contributed by atoms with Crippen molar-refractivity contribution in [1.82, 2.24) is 0 Å². The average Bonchev–Trinajstić information content (AvgIpc) is 2.42. The lowest BCUT2D eigenvalue weighted by Gasteiger charge is -2.04. The van der Waals surface area contributed by atoms with Gasteiger partial charge in [-0.25, -0.2) is 0 Å². The van der Waals surface area contributed by atoms with Crippen molar-refractivity contribution in [3.8, 4) is 5.75 Å². The van der Waals surface area contributed by atoms with Crippen molar-refractivity contribution >= 4 is 22.5 Å². The van der Waals surface area contributed by atoms with Gasteiger partial charge in [0.1, 0.15) is 5.75 Å². The zero-order valence-corrected chi connectivity index (χ0v) is 11.0. The maximum atomic E-state index is 12.0. The second-order valence-corrected chi connectivity index (χ2v) is 4.77. The topological polar surface area (TPSA) is 74.6 Å². The van der Waals surface area contributed by atoms with Crippen LogP contribution in [0.2, 0.25) is 0 Å². The summed E-state index contributed by atoms with van der Waals surface area (Å²) in [6, 6.07) is 10.3. The number of hydrogen-bond acceptors (Lipinski definition) is 3. The predicted octanol–water partition coefficient (Wildman–Crippen LogP) is 3.37. The number of carboxylic acid groups (broad SMARTS) is 1. The molecule has 0 saturated heterocycles. The van der Waals surface area contributed by atoms with Crippen LogP contribution in [-0.4, -0.2) is 22.0 Å². The summed E-state index contributed by atoms with van der Waals surface area (Å²) in [5.41, 5.74) is 0.624. The van der Waals surface area contributed by atoms with Crippen molar-refractivity contribution in [3.05, 3.63) is 42.0 Å². The number of aliphatic carboxylic acids is 1. The Kier molecular flexibility index (Phi) is 4.35. The van der Waals surface area contributed by atoms with Gasteiger partial charge in [-0.05, 0) is 41.8 Å². The fourth-order valence-corrected chi connectivity index (χ4v) is 2.11. The standard InChI is InChI=1S/C16H16O4/c17-14-8-7-11-9-13(6-5-12(11)10-14)15(18)3-1-2-4-16(19)20/h5-10,17H,1-4H2,(H,19,20). The third-order valence-corrected chi connectivity index (χ3v) is 3.19. The Labute approximate surface area is 116 Å². The number of ketones is 1.